The van der Waals surface area contributed by atoms with Crippen LogP contribution in [0.15, 0.2) is 66.7 Å². The average molecular weight is 392 g/mol. The van der Waals surface area contributed by atoms with Crippen LogP contribution in [0.5, 0.6) is 0 Å². The Kier molecular flexibility index (Phi) is 4.45. The number of fused-ring (bicyclic) bond motifs is 3. The zero-order chi connectivity index (χ0) is 19.8. The highest BCUT2D eigenvalue weighted by Crippen LogP contribution is 2.38. The largest absolute Gasteiger partial charge is 0.479 e. The Bertz CT molecular complexity index is 1140. The number of carboxylic acid groups (broad SMARTS) is 1. The van der Waals surface area contributed by atoms with Gasteiger partial charge in [0.1, 0.15) is 0 Å². The molecule has 3 aromatic rings. The molecular weight excluding hydrogens is 378 g/mol. The van der Waals surface area contributed by atoms with Gasteiger partial charge in [-0.2, -0.15) is 0 Å². The van der Waals surface area contributed by atoms with E-state index in [9.17, 15) is 19.5 Å². The Balaban J connectivity index is 1.75. The first-order valence-electron chi connectivity index (χ1n) is 8.53. The lowest BCUT2D eigenvalue weighted by Gasteiger charge is -2.16. The number of amides is 1. The van der Waals surface area contributed by atoms with Crippen molar-refractivity contribution in [3.63, 3.8) is 0 Å². The summed E-state index contributed by atoms with van der Waals surface area (Å²) in [7, 11) is 0. The van der Waals surface area contributed by atoms with Crippen LogP contribution in [0, 0.1) is 0 Å². The molecule has 0 radical (unpaired) electrons. The highest BCUT2D eigenvalue weighted by Gasteiger charge is 2.31. The van der Waals surface area contributed by atoms with Crippen molar-refractivity contribution < 1.29 is 19.5 Å². The van der Waals surface area contributed by atoms with E-state index in [0.29, 0.717) is 32.8 Å². The number of carbonyl (C=O) groups is 3. The standard InChI is InChI=1S/C22H14ClNO4/c23-13-6-3-5-12(11-13)19(22(27)28)24-21(26)17-10-4-9-16-18(17)14-7-1-2-8-15(14)20(16)25/h1-11,19H,(H,24,26)(H,27,28). The van der Waals surface area contributed by atoms with Gasteiger partial charge in [0.05, 0.1) is 0 Å². The van der Waals surface area contributed by atoms with E-state index in [1.165, 1.54) is 6.07 Å². The van der Waals surface area contributed by atoms with Crippen LogP contribution in [0.4, 0.5) is 0 Å². The highest BCUT2D eigenvalue weighted by molar-refractivity contribution is 6.30. The number of halogens is 1. The summed E-state index contributed by atoms with van der Waals surface area (Å²) in [6, 6.07) is 17.0. The maximum Gasteiger partial charge on any atom is 0.330 e. The molecule has 0 spiro atoms. The quantitative estimate of drug-likeness (QED) is 0.548. The monoisotopic (exact) mass is 391 g/mol. The van der Waals surface area contributed by atoms with E-state index in [2.05, 4.69) is 5.32 Å². The smallest absolute Gasteiger partial charge is 0.330 e. The van der Waals surface area contributed by atoms with E-state index in [0.717, 1.165) is 0 Å². The zero-order valence-corrected chi connectivity index (χ0v) is 15.2. The van der Waals surface area contributed by atoms with Gasteiger partial charge in [-0.15, -0.1) is 0 Å². The summed E-state index contributed by atoms with van der Waals surface area (Å²) < 4.78 is 0. The number of aliphatic carboxylic acids is 1. The molecular formula is C22H14ClNO4. The van der Waals surface area contributed by atoms with Crippen LogP contribution in [0.2, 0.25) is 5.02 Å². The molecule has 3 aromatic carbocycles. The molecule has 0 saturated carbocycles. The van der Waals surface area contributed by atoms with E-state index in [1.54, 1.807) is 60.7 Å². The molecule has 138 valence electrons. The number of hydrogen-bond acceptors (Lipinski definition) is 3. The number of nitrogens with one attached hydrogen (secondary N) is 1. The van der Waals surface area contributed by atoms with Crippen LogP contribution in [0.1, 0.15) is 37.9 Å². The SMILES string of the molecule is O=C(NC(C(=O)O)c1cccc(Cl)c1)c1cccc2c1-c1ccccc1C2=O. The number of carbonyl (C=O) groups excluding carboxylic acids is 2. The van der Waals surface area contributed by atoms with Crippen molar-refractivity contribution in [1.82, 2.24) is 5.32 Å². The second-order valence-corrected chi connectivity index (χ2v) is 6.84. The lowest BCUT2D eigenvalue weighted by atomic mass is 9.98. The van der Waals surface area contributed by atoms with Crippen molar-refractivity contribution in [2.75, 3.05) is 0 Å². The van der Waals surface area contributed by atoms with E-state index in [4.69, 9.17) is 11.6 Å². The van der Waals surface area contributed by atoms with Crippen LogP contribution in [0.25, 0.3) is 11.1 Å². The minimum Gasteiger partial charge on any atom is -0.479 e. The van der Waals surface area contributed by atoms with Gasteiger partial charge in [-0.3, -0.25) is 9.59 Å². The normalized spacial score (nSPS) is 12.8. The molecule has 0 heterocycles. The van der Waals surface area contributed by atoms with Crippen LogP contribution < -0.4 is 5.32 Å². The summed E-state index contributed by atoms with van der Waals surface area (Å²) in [6.07, 6.45) is 0. The highest BCUT2D eigenvalue weighted by atomic mass is 35.5. The molecule has 28 heavy (non-hydrogen) atoms. The van der Waals surface area contributed by atoms with Crippen molar-refractivity contribution >= 4 is 29.3 Å². The zero-order valence-electron chi connectivity index (χ0n) is 14.5. The molecule has 0 saturated heterocycles. The maximum absolute atomic E-state index is 13.0. The summed E-state index contributed by atoms with van der Waals surface area (Å²) >= 11 is 5.95. The average Bonchev–Trinajstić information content (AvgIpc) is 2.98. The van der Waals surface area contributed by atoms with E-state index < -0.39 is 17.9 Å². The Labute approximate surface area is 165 Å². The van der Waals surface area contributed by atoms with Gasteiger partial charge >= 0.3 is 5.97 Å². The molecule has 2 N–H and O–H groups in total. The van der Waals surface area contributed by atoms with Gasteiger partial charge in [-0.05, 0) is 29.3 Å². The third-order valence-corrected chi connectivity index (χ3v) is 4.93. The second kappa shape index (κ2) is 6.94. The topological polar surface area (TPSA) is 83.5 Å². The predicted molar refractivity (Wildman–Crippen MR) is 105 cm³/mol. The molecule has 1 atom stereocenters. The molecule has 0 fully saturated rings. The molecule has 5 nitrogen and oxygen atoms in total. The molecule has 0 aliphatic heterocycles. The Morgan fingerprint density at radius 3 is 2.29 bits per heavy atom. The van der Waals surface area contributed by atoms with Crippen molar-refractivity contribution in [3.05, 3.63) is 94.0 Å². The lowest BCUT2D eigenvalue weighted by Crippen LogP contribution is -2.34. The number of rotatable bonds is 4. The number of benzene rings is 3. The Morgan fingerprint density at radius 2 is 1.57 bits per heavy atom. The van der Waals surface area contributed by atoms with Gasteiger partial charge in [-0.25, -0.2) is 4.79 Å². The van der Waals surface area contributed by atoms with Crippen LogP contribution in [-0.4, -0.2) is 22.8 Å². The Hall–Kier alpha value is -3.44. The number of ketones is 1. The second-order valence-electron chi connectivity index (χ2n) is 6.40. The van der Waals surface area contributed by atoms with Gasteiger partial charge < -0.3 is 10.4 Å². The molecule has 4 rings (SSSR count). The van der Waals surface area contributed by atoms with E-state index >= 15 is 0 Å². The first-order chi connectivity index (χ1) is 13.5. The molecule has 0 bridgehead atoms. The first kappa shape index (κ1) is 17.9. The van der Waals surface area contributed by atoms with E-state index in [-0.39, 0.29) is 11.3 Å². The van der Waals surface area contributed by atoms with Crippen LogP contribution >= 0.6 is 11.6 Å². The molecule has 1 amide bonds. The van der Waals surface area contributed by atoms with Gasteiger partial charge in [0.15, 0.2) is 11.8 Å². The van der Waals surface area contributed by atoms with Crippen LogP contribution in [-0.2, 0) is 4.79 Å². The first-order valence-corrected chi connectivity index (χ1v) is 8.91. The third kappa shape index (κ3) is 2.96. The maximum atomic E-state index is 13.0. The molecule has 1 aliphatic carbocycles. The van der Waals surface area contributed by atoms with Crippen LogP contribution in [0.3, 0.4) is 0 Å². The van der Waals surface area contributed by atoms with Crippen molar-refractivity contribution in [2.45, 2.75) is 6.04 Å². The van der Waals surface area contributed by atoms with Crippen molar-refractivity contribution in [2.24, 2.45) is 0 Å². The van der Waals surface area contributed by atoms with Crippen molar-refractivity contribution in [1.29, 1.82) is 0 Å². The lowest BCUT2D eigenvalue weighted by molar-refractivity contribution is -0.139. The fourth-order valence-electron chi connectivity index (χ4n) is 3.45. The third-order valence-electron chi connectivity index (χ3n) is 4.70. The molecule has 6 heteroatoms. The fraction of sp³-hybridized carbons (Fsp3) is 0.0455. The van der Waals surface area contributed by atoms with E-state index in [1.807, 2.05) is 0 Å². The minimum atomic E-state index is -1.27. The summed E-state index contributed by atoms with van der Waals surface area (Å²) in [5.41, 5.74) is 2.77. The van der Waals surface area contributed by atoms with Crippen molar-refractivity contribution in [3.8, 4) is 11.1 Å². The fourth-order valence-corrected chi connectivity index (χ4v) is 3.65. The minimum absolute atomic E-state index is 0.148. The Morgan fingerprint density at radius 1 is 0.893 bits per heavy atom. The molecule has 1 unspecified atom stereocenters. The van der Waals surface area contributed by atoms with Gasteiger partial charge in [-0.1, -0.05) is 60.1 Å². The van der Waals surface area contributed by atoms with Gasteiger partial charge in [0.2, 0.25) is 0 Å². The summed E-state index contributed by atoms with van der Waals surface area (Å²) in [5.74, 6) is -1.93. The number of carboxylic acids is 1. The summed E-state index contributed by atoms with van der Waals surface area (Å²) in [5, 5.41) is 12.5. The number of hydrogen-bond donors (Lipinski definition) is 2. The van der Waals surface area contributed by atoms with Gasteiger partial charge in [0, 0.05) is 27.3 Å². The molecule has 1 aliphatic rings. The molecule has 0 aromatic heterocycles. The summed E-state index contributed by atoms with van der Waals surface area (Å²) in [4.78, 5) is 37.3. The predicted octanol–water partition coefficient (Wildman–Crippen LogP) is 4.11. The summed E-state index contributed by atoms with van der Waals surface area (Å²) in [6.45, 7) is 0. The van der Waals surface area contributed by atoms with Gasteiger partial charge in [0.25, 0.3) is 5.91 Å².